The van der Waals surface area contributed by atoms with Crippen LogP contribution in [0.15, 0.2) is 48.8 Å². The van der Waals surface area contributed by atoms with Gasteiger partial charge in [-0.25, -0.2) is 9.67 Å². The summed E-state index contributed by atoms with van der Waals surface area (Å²) in [6, 6.07) is 12.9. The van der Waals surface area contributed by atoms with Crippen LogP contribution in [-0.4, -0.2) is 62.7 Å². The Morgan fingerprint density at radius 3 is 2.52 bits per heavy atom. The second-order valence-corrected chi connectivity index (χ2v) is 8.19. The van der Waals surface area contributed by atoms with E-state index in [4.69, 9.17) is 0 Å². The Balaban J connectivity index is 1.27. The molecule has 29 heavy (non-hydrogen) atoms. The van der Waals surface area contributed by atoms with Crippen molar-refractivity contribution >= 4 is 16.9 Å². The van der Waals surface area contributed by atoms with Gasteiger partial charge in [0.05, 0.1) is 18.3 Å². The first-order chi connectivity index (χ1) is 14.3. The summed E-state index contributed by atoms with van der Waals surface area (Å²) < 4.78 is 1.89. The molecule has 3 aromatic rings. The molecule has 0 bridgehead atoms. The smallest absolute Gasteiger partial charge is 0.255 e. The van der Waals surface area contributed by atoms with Gasteiger partial charge in [0.15, 0.2) is 5.65 Å². The number of piperazine rings is 1. The minimum absolute atomic E-state index is 0.0845. The van der Waals surface area contributed by atoms with Crippen LogP contribution in [0.3, 0.4) is 0 Å². The van der Waals surface area contributed by atoms with E-state index in [1.165, 1.54) is 31.2 Å². The first kappa shape index (κ1) is 18.3. The van der Waals surface area contributed by atoms with E-state index < -0.39 is 0 Å². The third-order valence-corrected chi connectivity index (χ3v) is 6.34. The highest BCUT2D eigenvalue weighted by Crippen LogP contribution is 2.25. The van der Waals surface area contributed by atoms with Crippen LogP contribution in [0.4, 0.5) is 0 Å². The van der Waals surface area contributed by atoms with Gasteiger partial charge in [-0.15, -0.1) is 0 Å². The van der Waals surface area contributed by atoms with Crippen LogP contribution in [-0.2, 0) is 6.54 Å². The zero-order chi connectivity index (χ0) is 19.6. The van der Waals surface area contributed by atoms with E-state index in [-0.39, 0.29) is 5.91 Å². The van der Waals surface area contributed by atoms with Crippen molar-refractivity contribution in [1.82, 2.24) is 24.6 Å². The van der Waals surface area contributed by atoms with E-state index in [1.807, 2.05) is 33.8 Å². The van der Waals surface area contributed by atoms with Gasteiger partial charge in [0.25, 0.3) is 5.91 Å². The van der Waals surface area contributed by atoms with E-state index in [9.17, 15) is 4.79 Å². The molecule has 3 heterocycles. The fourth-order valence-corrected chi connectivity index (χ4v) is 4.70. The Hall–Kier alpha value is -2.73. The van der Waals surface area contributed by atoms with Crippen molar-refractivity contribution in [3.8, 4) is 0 Å². The van der Waals surface area contributed by atoms with Gasteiger partial charge in [0.1, 0.15) is 0 Å². The number of aromatic nitrogens is 3. The number of carbonyl (C=O) groups excluding carboxylic acids is 1. The lowest BCUT2D eigenvalue weighted by Crippen LogP contribution is -2.51. The Morgan fingerprint density at radius 2 is 1.76 bits per heavy atom. The predicted octanol–water partition coefficient (Wildman–Crippen LogP) is 3.18. The van der Waals surface area contributed by atoms with Crippen molar-refractivity contribution in [2.75, 3.05) is 26.2 Å². The highest BCUT2D eigenvalue weighted by atomic mass is 16.2. The average molecular weight is 390 g/mol. The number of hydrogen-bond donors (Lipinski definition) is 0. The molecule has 2 fully saturated rings. The van der Waals surface area contributed by atoms with Gasteiger partial charge in [-0.1, -0.05) is 43.2 Å². The van der Waals surface area contributed by atoms with E-state index in [1.54, 1.807) is 12.4 Å². The summed E-state index contributed by atoms with van der Waals surface area (Å²) in [6.07, 6.45) is 8.86. The molecule has 0 radical (unpaired) electrons. The molecule has 1 aliphatic carbocycles. The quantitative estimate of drug-likeness (QED) is 0.688. The van der Waals surface area contributed by atoms with Crippen molar-refractivity contribution in [2.45, 2.75) is 38.3 Å². The standard InChI is InChI=1S/C23H27N5O/c29-23(27-12-10-26(11-13-27)21-8-4-5-9-21)20-14-19-16-25-28(22(19)24-15-20)17-18-6-2-1-3-7-18/h1-3,6-7,14-16,21H,4-5,8-13,17H2. The fraction of sp³-hybridized carbons (Fsp3) is 0.435. The van der Waals surface area contributed by atoms with Gasteiger partial charge in [-0.05, 0) is 24.5 Å². The Kier molecular flexibility index (Phi) is 5.02. The molecule has 0 atom stereocenters. The lowest BCUT2D eigenvalue weighted by atomic mass is 10.1. The van der Waals surface area contributed by atoms with Crippen molar-refractivity contribution in [2.24, 2.45) is 0 Å². The first-order valence-corrected chi connectivity index (χ1v) is 10.7. The molecule has 2 aromatic heterocycles. The zero-order valence-corrected chi connectivity index (χ0v) is 16.7. The minimum atomic E-state index is 0.0845. The number of fused-ring (bicyclic) bond motifs is 1. The lowest BCUT2D eigenvalue weighted by molar-refractivity contribution is 0.0573. The number of amides is 1. The van der Waals surface area contributed by atoms with Crippen LogP contribution < -0.4 is 0 Å². The fourth-order valence-electron chi connectivity index (χ4n) is 4.70. The van der Waals surface area contributed by atoms with E-state index in [0.717, 1.165) is 43.3 Å². The largest absolute Gasteiger partial charge is 0.336 e. The molecule has 5 rings (SSSR count). The second kappa shape index (κ2) is 7.95. The molecule has 6 heteroatoms. The van der Waals surface area contributed by atoms with E-state index >= 15 is 0 Å². The van der Waals surface area contributed by atoms with Crippen LogP contribution in [0.2, 0.25) is 0 Å². The predicted molar refractivity (Wildman–Crippen MR) is 113 cm³/mol. The Bertz CT molecular complexity index is 985. The molecule has 150 valence electrons. The highest BCUT2D eigenvalue weighted by Gasteiger charge is 2.28. The van der Waals surface area contributed by atoms with E-state index in [0.29, 0.717) is 12.1 Å². The number of carbonyl (C=O) groups is 1. The first-order valence-electron chi connectivity index (χ1n) is 10.7. The molecular weight excluding hydrogens is 362 g/mol. The summed E-state index contributed by atoms with van der Waals surface area (Å²) in [5, 5.41) is 5.39. The lowest BCUT2D eigenvalue weighted by Gasteiger charge is -2.38. The maximum Gasteiger partial charge on any atom is 0.255 e. The normalized spacial score (nSPS) is 18.6. The molecule has 1 aromatic carbocycles. The number of nitrogens with zero attached hydrogens (tertiary/aromatic N) is 5. The Labute approximate surface area is 171 Å². The van der Waals surface area contributed by atoms with Crippen LogP contribution in [0.25, 0.3) is 11.0 Å². The summed E-state index contributed by atoms with van der Waals surface area (Å²) in [5.74, 6) is 0.0845. The summed E-state index contributed by atoms with van der Waals surface area (Å²) in [7, 11) is 0. The molecular formula is C23H27N5O. The van der Waals surface area contributed by atoms with Gasteiger partial charge in [0, 0.05) is 43.8 Å². The highest BCUT2D eigenvalue weighted by molar-refractivity contribution is 5.96. The molecule has 0 spiro atoms. The van der Waals surface area contributed by atoms with Crippen molar-refractivity contribution in [3.63, 3.8) is 0 Å². The molecule has 1 saturated carbocycles. The van der Waals surface area contributed by atoms with Gasteiger partial charge < -0.3 is 4.90 Å². The van der Waals surface area contributed by atoms with Gasteiger partial charge in [-0.3, -0.25) is 9.69 Å². The third kappa shape index (κ3) is 3.77. The van der Waals surface area contributed by atoms with Crippen molar-refractivity contribution in [1.29, 1.82) is 0 Å². The van der Waals surface area contributed by atoms with Crippen LogP contribution in [0.5, 0.6) is 0 Å². The molecule has 6 nitrogen and oxygen atoms in total. The van der Waals surface area contributed by atoms with Crippen LogP contribution in [0, 0.1) is 0 Å². The SMILES string of the molecule is O=C(c1cnc2c(cnn2Cc2ccccc2)c1)N1CCN(C2CCCC2)CC1. The molecule has 2 aliphatic rings. The molecule has 0 N–H and O–H groups in total. The molecule has 1 aliphatic heterocycles. The van der Waals surface area contributed by atoms with E-state index in [2.05, 4.69) is 27.1 Å². The third-order valence-electron chi connectivity index (χ3n) is 6.34. The summed E-state index contributed by atoms with van der Waals surface area (Å²) in [4.78, 5) is 22.1. The average Bonchev–Trinajstić information content (AvgIpc) is 3.44. The Morgan fingerprint density at radius 1 is 1.00 bits per heavy atom. The molecule has 1 saturated heterocycles. The second-order valence-electron chi connectivity index (χ2n) is 8.19. The van der Waals surface area contributed by atoms with Gasteiger partial charge in [0.2, 0.25) is 0 Å². The molecule has 0 unspecified atom stereocenters. The van der Waals surface area contributed by atoms with Gasteiger partial charge >= 0.3 is 0 Å². The summed E-state index contributed by atoms with van der Waals surface area (Å²) in [6.45, 7) is 4.26. The van der Waals surface area contributed by atoms with Crippen LogP contribution >= 0.6 is 0 Å². The monoisotopic (exact) mass is 389 g/mol. The number of hydrogen-bond acceptors (Lipinski definition) is 4. The zero-order valence-electron chi connectivity index (χ0n) is 16.7. The maximum atomic E-state index is 13.0. The van der Waals surface area contributed by atoms with Gasteiger partial charge in [-0.2, -0.15) is 5.10 Å². The number of rotatable bonds is 4. The number of benzene rings is 1. The topological polar surface area (TPSA) is 54.3 Å². The summed E-state index contributed by atoms with van der Waals surface area (Å²) in [5.41, 5.74) is 2.65. The summed E-state index contributed by atoms with van der Waals surface area (Å²) >= 11 is 0. The van der Waals surface area contributed by atoms with Crippen molar-refractivity contribution < 1.29 is 4.79 Å². The minimum Gasteiger partial charge on any atom is -0.336 e. The number of pyridine rings is 1. The maximum absolute atomic E-state index is 13.0. The van der Waals surface area contributed by atoms with Crippen LogP contribution in [0.1, 0.15) is 41.6 Å². The van der Waals surface area contributed by atoms with Crippen molar-refractivity contribution in [3.05, 3.63) is 59.9 Å². The molecule has 1 amide bonds.